The van der Waals surface area contributed by atoms with Gasteiger partial charge in [-0.1, -0.05) is 27.7 Å². The molecule has 0 N–H and O–H groups in total. The van der Waals surface area contributed by atoms with E-state index in [9.17, 15) is 10.1 Å². The van der Waals surface area contributed by atoms with E-state index in [4.69, 9.17) is 0 Å². The van der Waals surface area contributed by atoms with Crippen molar-refractivity contribution in [2.75, 3.05) is 18.0 Å². The molecule has 114 valence electrons. The fourth-order valence-corrected chi connectivity index (χ4v) is 2.17. The minimum absolute atomic E-state index is 0.558. The van der Waals surface area contributed by atoms with Crippen molar-refractivity contribution in [2.45, 2.75) is 40.5 Å². The van der Waals surface area contributed by atoms with Crippen LogP contribution >= 0.6 is 0 Å². The minimum atomic E-state index is 0.558. The molecule has 3 heteroatoms. The molecule has 0 atom stereocenters. The summed E-state index contributed by atoms with van der Waals surface area (Å²) in [6.07, 6.45) is 2.98. The molecule has 0 fully saturated rings. The second-order valence-corrected chi connectivity index (χ2v) is 6.36. The van der Waals surface area contributed by atoms with Gasteiger partial charge < -0.3 is 4.90 Å². The number of hydrogen-bond donors (Lipinski definition) is 0. The first-order valence-electron chi connectivity index (χ1n) is 7.72. The van der Waals surface area contributed by atoms with Crippen molar-refractivity contribution in [1.82, 2.24) is 0 Å². The summed E-state index contributed by atoms with van der Waals surface area (Å²) in [5, 5.41) is 9.35. The number of nitrogens with zero attached hydrogens (tertiary/aromatic N) is 2. The Bertz CT molecular complexity index is 488. The summed E-state index contributed by atoms with van der Waals surface area (Å²) in [6, 6.07) is 7.60. The molecule has 3 nitrogen and oxygen atoms in total. The fourth-order valence-electron chi connectivity index (χ4n) is 2.17. The van der Waals surface area contributed by atoms with Crippen molar-refractivity contribution < 1.29 is 4.79 Å². The molecular weight excluding hydrogens is 260 g/mol. The average molecular weight is 286 g/mol. The SMILES string of the molecule is CC(C)CCN(CCC(C)C)c1ccc(C=O)cc1C#N. The van der Waals surface area contributed by atoms with Crippen LogP contribution in [0.2, 0.25) is 0 Å². The number of carbonyl (C=O) groups excluding carboxylic acids is 1. The van der Waals surface area contributed by atoms with Crippen molar-refractivity contribution >= 4 is 12.0 Å². The Labute approximate surface area is 128 Å². The van der Waals surface area contributed by atoms with E-state index < -0.39 is 0 Å². The number of benzene rings is 1. The summed E-state index contributed by atoms with van der Waals surface area (Å²) in [6.45, 7) is 10.7. The first kappa shape index (κ1) is 17.2. The largest absolute Gasteiger partial charge is 0.370 e. The minimum Gasteiger partial charge on any atom is -0.370 e. The Morgan fingerprint density at radius 1 is 1.14 bits per heavy atom. The molecule has 0 amide bonds. The fraction of sp³-hybridized carbons (Fsp3) is 0.556. The second kappa shape index (κ2) is 8.46. The van der Waals surface area contributed by atoms with Gasteiger partial charge in [0.15, 0.2) is 0 Å². The zero-order valence-corrected chi connectivity index (χ0v) is 13.6. The highest BCUT2D eigenvalue weighted by Crippen LogP contribution is 2.23. The summed E-state index contributed by atoms with van der Waals surface area (Å²) >= 11 is 0. The van der Waals surface area contributed by atoms with Crippen LogP contribution in [0.5, 0.6) is 0 Å². The molecule has 0 heterocycles. The van der Waals surface area contributed by atoms with Crippen molar-refractivity contribution in [2.24, 2.45) is 11.8 Å². The molecule has 0 aromatic heterocycles. The molecule has 1 aromatic carbocycles. The average Bonchev–Trinajstić information content (AvgIpc) is 2.46. The van der Waals surface area contributed by atoms with Gasteiger partial charge in [-0.2, -0.15) is 5.26 Å². The van der Waals surface area contributed by atoms with Crippen LogP contribution < -0.4 is 4.90 Å². The molecule has 0 saturated carbocycles. The van der Waals surface area contributed by atoms with Crippen LogP contribution in [0.3, 0.4) is 0 Å². The maximum Gasteiger partial charge on any atom is 0.150 e. The number of hydrogen-bond acceptors (Lipinski definition) is 3. The quantitative estimate of drug-likeness (QED) is 0.670. The van der Waals surface area contributed by atoms with E-state index >= 15 is 0 Å². The van der Waals surface area contributed by atoms with Crippen molar-refractivity contribution in [3.8, 4) is 6.07 Å². The Kier molecular flexibility index (Phi) is 6.94. The molecule has 0 bridgehead atoms. The summed E-state index contributed by atoms with van der Waals surface area (Å²) in [5.41, 5.74) is 2.10. The van der Waals surface area contributed by atoms with Crippen LogP contribution in [0.1, 0.15) is 56.5 Å². The Morgan fingerprint density at radius 3 is 2.14 bits per heavy atom. The lowest BCUT2D eigenvalue weighted by Gasteiger charge is -2.27. The molecule has 0 radical (unpaired) electrons. The van der Waals surface area contributed by atoms with Crippen molar-refractivity contribution in [3.05, 3.63) is 29.3 Å². The van der Waals surface area contributed by atoms with E-state index in [1.54, 1.807) is 12.1 Å². The van der Waals surface area contributed by atoms with Crippen LogP contribution in [-0.4, -0.2) is 19.4 Å². The van der Waals surface area contributed by atoms with E-state index in [0.717, 1.165) is 37.9 Å². The molecule has 0 saturated heterocycles. The van der Waals surface area contributed by atoms with Crippen LogP contribution in [0, 0.1) is 23.2 Å². The first-order valence-corrected chi connectivity index (χ1v) is 7.72. The maximum atomic E-state index is 10.9. The van der Waals surface area contributed by atoms with E-state index in [-0.39, 0.29) is 0 Å². The van der Waals surface area contributed by atoms with Gasteiger partial charge in [0.05, 0.1) is 11.3 Å². The van der Waals surface area contributed by atoms with Gasteiger partial charge in [0.1, 0.15) is 12.4 Å². The lowest BCUT2D eigenvalue weighted by atomic mass is 10.1. The summed E-state index contributed by atoms with van der Waals surface area (Å²) in [7, 11) is 0. The molecule has 0 unspecified atom stereocenters. The standard InChI is InChI=1S/C18H26N2O/c1-14(2)7-9-20(10-8-15(3)4)18-6-5-16(13-21)11-17(18)12-19/h5-6,11,13-15H,7-10H2,1-4H3. The van der Waals surface area contributed by atoms with Gasteiger partial charge in [0, 0.05) is 18.7 Å². The predicted octanol–water partition coefficient (Wildman–Crippen LogP) is 4.27. The predicted molar refractivity (Wildman–Crippen MR) is 87.7 cm³/mol. The molecule has 0 spiro atoms. The van der Waals surface area contributed by atoms with E-state index in [1.165, 1.54) is 0 Å². The highest BCUT2D eigenvalue weighted by atomic mass is 16.1. The van der Waals surface area contributed by atoms with E-state index in [2.05, 4.69) is 38.7 Å². The molecule has 1 rings (SSSR count). The highest BCUT2D eigenvalue weighted by Gasteiger charge is 2.13. The molecule has 0 aliphatic rings. The lowest BCUT2D eigenvalue weighted by Crippen LogP contribution is -2.28. The van der Waals surface area contributed by atoms with Crippen molar-refractivity contribution in [3.63, 3.8) is 0 Å². The van der Waals surface area contributed by atoms with Gasteiger partial charge in [-0.3, -0.25) is 4.79 Å². The number of anilines is 1. The van der Waals surface area contributed by atoms with Crippen LogP contribution in [0.25, 0.3) is 0 Å². The third-order valence-electron chi connectivity index (χ3n) is 3.57. The van der Waals surface area contributed by atoms with Gasteiger partial charge in [-0.25, -0.2) is 0 Å². The zero-order valence-electron chi connectivity index (χ0n) is 13.6. The topological polar surface area (TPSA) is 44.1 Å². The molecule has 1 aromatic rings. The number of nitriles is 1. The van der Waals surface area contributed by atoms with Crippen molar-refractivity contribution in [1.29, 1.82) is 5.26 Å². The van der Waals surface area contributed by atoms with E-state index in [1.807, 2.05) is 6.07 Å². The van der Waals surface area contributed by atoms with Gasteiger partial charge in [-0.15, -0.1) is 0 Å². The Hall–Kier alpha value is -1.82. The van der Waals surface area contributed by atoms with E-state index in [0.29, 0.717) is 23.0 Å². The normalized spacial score (nSPS) is 10.7. The number of carbonyl (C=O) groups is 1. The van der Waals surface area contributed by atoms with Gasteiger partial charge in [0.25, 0.3) is 0 Å². The molecule has 0 aliphatic carbocycles. The number of rotatable bonds is 8. The third-order valence-corrected chi connectivity index (χ3v) is 3.57. The molecular formula is C18H26N2O. The zero-order chi connectivity index (χ0) is 15.8. The first-order chi connectivity index (χ1) is 9.97. The molecule has 0 aliphatic heterocycles. The third kappa shape index (κ3) is 5.59. The maximum absolute atomic E-state index is 10.9. The Morgan fingerprint density at radius 2 is 1.71 bits per heavy atom. The van der Waals surface area contributed by atoms with Gasteiger partial charge in [0.2, 0.25) is 0 Å². The van der Waals surface area contributed by atoms with Gasteiger partial charge >= 0.3 is 0 Å². The molecule has 21 heavy (non-hydrogen) atoms. The lowest BCUT2D eigenvalue weighted by molar-refractivity contribution is 0.112. The van der Waals surface area contributed by atoms with Crippen LogP contribution in [0.4, 0.5) is 5.69 Å². The summed E-state index contributed by atoms with van der Waals surface area (Å²) < 4.78 is 0. The monoisotopic (exact) mass is 286 g/mol. The van der Waals surface area contributed by atoms with Crippen LogP contribution in [0.15, 0.2) is 18.2 Å². The van der Waals surface area contributed by atoms with Gasteiger partial charge in [-0.05, 0) is 42.9 Å². The second-order valence-electron chi connectivity index (χ2n) is 6.36. The summed E-state index contributed by atoms with van der Waals surface area (Å²) in [4.78, 5) is 13.1. The summed E-state index contributed by atoms with van der Waals surface area (Å²) in [5.74, 6) is 1.26. The number of aldehydes is 1. The van der Waals surface area contributed by atoms with Crippen LogP contribution in [-0.2, 0) is 0 Å². The smallest absolute Gasteiger partial charge is 0.150 e. The Balaban J connectivity index is 3.00. The highest BCUT2D eigenvalue weighted by molar-refractivity contribution is 5.78.